The van der Waals surface area contributed by atoms with Gasteiger partial charge in [0.1, 0.15) is 5.82 Å². The molecule has 0 spiro atoms. The largest absolute Gasteiger partial charge is 0.348 e. The molecule has 3 nitrogen and oxygen atoms in total. The van der Waals surface area contributed by atoms with E-state index in [2.05, 4.69) is 17.1 Å². The monoisotopic (exact) mass is 284 g/mol. The molecule has 0 aliphatic carbocycles. The normalized spacial score (nSPS) is 20.3. The molecule has 104 valence electrons. The van der Waals surface area contributed by atoms with Gasteiger partial charge in [0.2, 0.25) is 0 Å². The van der Waals surface area contributed by atoms with Gasteiger partial charge in [0, 0.05) is 17.6 Å². The third-order valence-corrected chi connectivity index (χ3v) is 3.70. The van der Waals surface area contributed by atoms with E-state index in [9.17, 15) is 9.18 Å². The lowest BCUT2D eigenvalue weighted by atomic mass is 10.0. The van der Waals surface area contributed by atoms with Crippen molar-refractivity contribution in [2.75, 3.05) is 19.6 Å². The molecule has 1 heterocycles. The number of carbonyl (C=O) groups excluding carboxylic acids is 1. The highest BCUT2D eigenvalue weighted by Gasteiger charge is 2.22. The number of hydrogen-bond acceptors (Lipinski definition) is 2. The van der Waals surface area contributed by atoms with Crippen molar-refractivity contribution in [3.05, 3.63) is 34.6 Å². The average molecular weight is 285 g/mol. The van der Waals surface area contributed by atoms with Gasteiger partial charge in [-0.3, -0.25) is 4.79 Å². The minimum atomic E-state index is -0.537. The van der Waals surface area contributed by atoms with E-state index in [1.807, 2.05) is 0 Å². The molecule has 2 rings (SSSR count). The molecule has 1 aliphatic rings. The molecule has 1 fully saturated rings. The second-order valence-electron chi connectivity index (χ2n) is 4.83. The van der Waals surface area contributed by atoms with Gasteiger partial charge in [-0.2, -0.15) is 0 Å². The summed E-state index contributed by atoms with van der Waals surface area (Å²) in [6.07, 6.45) is 1.99. The van der Waals surface area contributed by atoms with Crippen LogP contribution in [0.25, 0.3) is 0 Å². The van der Waals surface area contributed by atoms with E-state index in [0.717, 1.165) is 32.5 Å². The summed E-state index contributed by atoms with van der Waals surface area (Å²) in [6, 6.07) is 4.11. The Balaban J connectivity index is 2.02. The van der Waals surface area contributed by atoms with Gasteiger partial charge in [-0.05, 0) is 44.1 Å². The summed E-state index contributed by atoms with van der Waals surface area (Å²) >= 11 is 5.79. The topological polar surface area (TPSA) is 32.3 Å². The first kappa shape index (κ1) is 14.3. The van der Waals surface area contributed by atoms with Crippen molar-refractivity contribution in [3.63, 3.8) is 0 Å². The number of carbonyl (C=O) groups is 1. The van der Waals surface area contributed by atoms with Crippen LogP contribution in [-0.4, -0.2) is 36.5 Å². The SMILES string of the molecule is CCN1CCCC(NC(=O)c2cc(Cl)ccc2F)C1. The maximum absolute atomic E-state index is 13.6. The van der Waals surface area contributed by atoms with Crippen LogP contribution in [0.4, 0.5) is 4.39 Å². The lowest BCUT2D eigenvalue weighted by molar-refractivity contribution is 0.0902. The van der Waals surface area contributed by atoms with Gasteiger partial charge in [-0.15, -0.1) is 0 Å². The van der Waals surface area contributed by atoms with Crippen LogP contribution in [0.3, 0.4) is 0 Å². The lowest BCUT2D eigenvalue weighted by Gasteiger charge is -2.32. The van der Waals surface area contributed by atoms with Gasteiger partial charge in [0.15, 0.2) is 0 Å². The number of likely N-dealkylation sites (tertiary alicyclic amines) is 1. The molecule has 1 atom stereocenters. The summed E-state index contributed by atoms with van der Waals surface area (Å²) in [7, 11) is 0. The Bertz CT molecular complexity index is 467. The van der Waals surface area contributed by atoms with Crippen molar-refractivity contribution in [3.8, 4) is 0 Å². The molecule has 1 N–H and O–H groups in total. The highest BCUT2D eigenvalue weighted by atomic mass is 35.5. The minimum absolute atomic E-state index is 0.0149. The number of amides is 1. The first-order chi connectivity index (χ1) is 9.10. The summed E-state index contributed by atoms with van der Waals surface area (Å²) in [5, 5.41) is 3.25. The second kappa shape index (κ2) is 6.35. The van der Waals surface area contributed by atoms with Crippen LogP contribution in [-0.2, 0) is 0 Å². The van der Waals surface area contributed by atoms with E-state index in [1.165, 1.54) is 18.2 Å². The molecule has 1 amide bonds. The maximum atomic E-state index is 13.6. The van der Waals surface area contributed by atoms with E-state index in [0.29, 0.717) is 5.02 Å². The highest BCUT2D eigenvalue weighted by Crippen LogP contribution is 2.16. The molecule has 19 heavy (non-hydrogen) atoms. The van der Waals surface area contributed by atoms with Crippen LogP contribution in [0.15, 0.2) is 18.2 Å². The Morgan fingerprint density at radius 3 is 3.11 bits per heavy atom. The van der Waals surface area contributed by atoms with Crippen LogP contribution < -0.4 is 5.32 Å². The predicted molar refractivity (Wildman–Crippen MR) is 74.0 cm³/mol. The molecule has 0 bridgehead atoms. The number of halogens is 2. The van der Waals surface area contributed by atoms with Crippen molar-refractivity contribution >= 4 is 17.5 Å². The molecule has 1 aliphatic heterocycles. The molecule has 1 unspecified atom stereocenters. The second-order valence-corrected chi connectivity index (χ2v) is 5.27. The van der Waals surface area contributed by atoms with Crippen molar-refractivity contribution in [2.45, 2.75) is 25.8 Å². The molecule has 5 heteroatoms. The fraction of sp³-hybridized carbons (Fsp3) is 0.500. The van der Waals surface area contributed by atoms with Crippen LogP contribution in [0, 0.1) is 5.82 Å². The standard InChI is InChI=1S/C14H18ClFN2O/c1-2-18-7-3-4-11(9-18)17-14(19)12-8-10(15)5-6-13(12)16/h5-6,8,11H,2-4,7,9H2,1H3,(H,17,19). The highest BCUT2D eigenvalue weighted by molar-refractivity contribution is 6.31. The Hall–Kier alpha value is -1.13. The summed E-state index contributed by atoms with van der Waals surface area (Å²) in [6.45, 7) is 4.96. The molecule has 0 aromatic heterocycles. The van der Waals surface area contributed by atoms with Crippen molar-refractivity contribution < 1.29 is 9.18 Å². The van der Waals surface area contributed by atoms with Crippen molar-refractivity contribution in [1.82, 2.24) is 10.2 Å². The number of piperidine rings is 1. The fourth-order valence-corrected chi connectivity index (χ4v) is 2.57. The van der Waals surface area contributed by atoms with Gasteiger partial charge in [-0.25, -0.2) is 4.39 Å². The zero-order valence-electron chi connectivity index (χ0n) is 11.0. The Labute approximate surface area is 117 Å². The van der Waals surface area contributed by atoms with Gasteiger partial charge >= 0.3 is 0 Å². The van der Waals surface area contributed by atoms with Gasteiger partial charge < -0.3 is 10.2 Å². The van der Waals surface area contributed by atoms with Crippen molar-refractivity contribution in [2.24, 2.45) is 0 Å². The van der Waals surface area contributed by atoms with Crippen LogP contribution in [0.5, 0.6) is 0 Å². The van der Waals surface area contributed by atoms with E-state index in [4.69, 9.17) is 11.6 Å². The molecular formula is C14H18ClFN2O. The summed E-state index contributed by atoms with van der Waals surface area (Å²) in [4.78, 5) is 14.3. The number of hydrogen-bond donors (Lipinski definition) is 1. The molecule has 0 radical (unpaired) electrons. The fourth-order valence-electron chi connectivity index (χ4n) is 2.40. The van der Waals surface area contributed by atoms with E-state index in [1.54, 1.807) is 0 Å². The number of rotatable bonds is 3. The molecule has 1 aromatic rings. The van der Waals surface area contributed by atoms with Crippen LogP contribution >= 0.6 is 11.6 Å². The Morgan fingerprint density at radius 1 is 1.58 bits per heavy atom. The first-order valence-electron chi connectivity index (χ1n) is 6.58. The average Bonchev–Trinajstić information content (AvgIpc) is 2.41. The Morgan fingerprint density at radius 2 is 2.37 bits per heavy atom. The molecule has 0 saturated carbocycles. The number of likely N-dealkylation sites (N-methyl/N-ethyl adjacent to an activating group) is 1. The van der Waals surface area contributed by atoms with Gasteiger partial charge in [0.25, 0.3) is 5.91 Å². The molecule has 1 aromatic carbocycles. The van der Waals surface area contributed by atoms with E-state index >= 15 is 0 Å². The summed E-state index contributed by atoms with van der Waals surface area (Å²) in [5.74, 6) is -0.923. The summed E-state index contributed by atoms with van der Waals surface area (Å²) in [5.41, 5.74) is 0.0149. The van der Waals surface area contributed by atoms with Gasteiger partial charge in [0.05, 0.1) is 5.56 Å². The lowest BCUT2D eigenvalue weighted by Crippen LogP contribution is -2.47. The molecule has 1 saturated heterocycles. The van der Waals surface area contributed by atoms with Crippen LogP contribution in [0.2, 0.25) is 5.02 Å². The van der Waals surface area contributed by atoms with Gasteiger partial charge in [-0.1, -0.05) is 18.5 Å². The van der Waals surface area contributed by atoms with Crippen LogP contribution in [0.1, 0.15) is 30.1 Å². The third-order valence-electron chi connectivity index (χ3n) is 3.46. The smallest absolute Gasteiger partial charge is 0.254 e. The third kappa shape index (κ3) is 3.67. The Kier molecular flexibility index (Phi) is 4.77. The zero-order valence-corrected chi connectivity index (χ0v) is 11.7. The zero-order chi connectivity index (χ0) is 13.8. The predicted octanol–water partition coefficient (Wildman–Crippen LogP) is 2.69. The van der Waals surface area contributed by atoms with Crippen molar-refractivity contribution in [1.29, 1.82) is 0 Å². The first-order valence-corrected chi connectivity index (χ1v) is 6.96. The van der Waals surface area contributed by atoms with E-state index < -0.39 is 5.82 Å². The summed E-state index contributed by atoms with van der Waals surface area (Å²) < 4.78 is 13.6. The quantitative estimate of drug-likeness (QED) is 0.926. The number of nitrogens with zero attached hydrogens (tertiary/aromatic N) is 1. The molecular weight excluding hydrogens is 267 g/mol. The number of nitrogens with one attached hydrogen (secondary N) is 1. The minimum Gasteiger partial charge on any atom is -0.348 e. The maximum Gasteiger partial charge on any atom is 0.254 e. The van der Waals surface area contributed by atoms with E-state index in [-0.39, 0.29) is 17.5 Å². The number of benzene rings is 1.